The minimum Gasteiger partial charge on any atom is -0.328 e. The molecule has 0 aromatic carbocycles. The van der Waals surface area contributed by atoms with Crippen molar-refractivity contribution in [2.24, 2.45) is 11.7 Å². The number of nitrogens with one attached hydrogen (secondary N) is 1. The third-order valence-corrected chi connectivity index (χ3v) is 2.98. The summed E-state index contributed by atoms with van der Waals surface area (Å²) >= 11 is 0. The molecule has 0 aliphatic carbocycles. The maximum absolute atomic E-state index is 5.88. The predicted molar refractivity (Wildman–Crippen MR) is 62.3 cm³/mol. The van der Waals surface area contributed by atoms with Gasteiger partial charge in [0.1, 0.15) is 0 Å². The molecule has 1 rings (SSSR count). The Kier molecular flexibility index (Phi) is 3.27. The molecule has 0 amide bonds. The third kappa shape index (κ3) is 3.58. The number of nitrogens with two attached hydrogens (primary N) is 1. The first-order chi connectivity index (χ1) is 6.20. The summed E-state index contributed by atoms with van der Waals surface area (Å²) in [6.07, 6.45) is 3.66. The number of rotatable bonds is 2. The summed E-state index contributed by atoms with van der Waals surface area (Å²) in [5.74, 6) is 0.779. The van der Waals surface area contributed by atoms with Crippen molar-refractivity contribution in [1.82, 2.24) is 5.32 Å². The Bertz CT molecular complexity index is 178. The van der Waals surface area contributed by atoms with Crippen LogP contribution in [0.5, 0.6) is 0 Å². The van der Waals surface area contributed by atoms with Gasteiger partial charge in [0.05, 0.1) is 0 Å². The molecule has 1 saturated heterocycles. The maximum Gasteiger partial charge on any atom is 0.0132 e. The van der Waals surface area contributed by atoms with Crippen LogP contribution in [0.4, 0.5) is 0 Å². The van der Waals surface area contributed by atoms with Crippen LogP contribution >= 0.6 is 0 Å². The SMILES string of the molecule is CC(N)CC1CC(C)(C)NC(C)(C)C1. The Morgan fingerprint density at radius 3 is 2.00 bits per heavy atom. The van der Waals surface area contributed by atoms with E-state index in [1.165, 1.54) is 12.8 Å². The fraction of sp³-hybridized carbons (Fsp3) is 1.00. The summed E-state index contributed by atoms with van der Waals surface area (Å²) < 4.78 is 0. The van der Waals surface area contributed by atoms with E-state index in [1.807, 2.05) is 0 Å². The zero-order chi connectivity index (χ0) is 11.0. The number of hydrogen-bond donors (Lipinski definition) is 2. The minimum absolute atomic E-state index is 0.265. The summed E-state index contributed by atoms with van der Waals surface area (Å²) in [7, 11) is 0. The number of hydrogen-bond acceptors (Lipinski definition) is 2. The Labute approximate surface area is 88.6 Å². The molecule has 14 heavy (non-hydrogen) atoms. The monoisotopic (exact) mass is 198 g/mol. The van der Waals surface area contributed by atoms with Crippen LogP contribution in [0.1, 0.15) is 53.9 Å². The highest BCUT2D eigenvalue weighted by Gasteiger charge is 2.37. The van der Waals surface area contributed by atoms with Gasteiger partial charge in [-0.15, -0.1) is 0 Å². The lowest BCUT2D eigenvalue weighted by Gasteiger charge is -2.47. The van der Waals surface area contributed by atoms with E-state index in [4.69, 9.17) is 5.73 Å². The average molecular weight is 198 g/mol. The van der Waals surface area contributed by atoms with E-state index in [1.54, 1.807) is 0 Å². The Balaban J connectivity index is 2.62. The van der Waals surface area contributed by atoms with Crippen molar-refractivity contribution in [2.75, 3.05) is 0 Å². The highest BCUT2D eigenvalue weighted by molar-refractivity contribution is 4.97. The van der Waals surface area contributed by atoms with E-state index in [9.17, 15) is 0 Å². The quantitative estimate of drug-likeness (QED) is 0.714. The molecule has 1 unspecified atom stereocenters. The second-order valence-electron chi connectivity index (χ2n) is 6.38. The summed E-state index contributed by atoms with van der Waals surface area (Å²) in [6.45, 7) is 11.3. The molecule has 0 radical (unpaired) electrons. The molecule has 2 heteroatoms. The van der Waals surface area contributed by atoms with Crippen LogP contribution in [0.25, 0.3) is 0 Å². The lowest BCUT2D eigenvalue weighted by atomic mass is 9.74. The van der Waals surface area contributed by atoms with E-state index >= 15 is 0 Å². The van der Waals surface area contributed by atoms with E-state index in [0.29, 0.717) is 6.04 Å². The van der Waals surface area contributed by atoms with E-state index in [0.717, 1.165) is 12.3 Å². The van der Waals surface area contributed by atoms with Crippen molar-refractivity contribution in [1.29, 1.82) is 0 Å². The van der Waals surface area contributed by atoms with Gasteiger partial charge in [-0.05, 0) is 59.8 Å². The van der Waals surface area contributed by atoms with Gasteiger partial charge in [-0.1, -0.05) is 0 Å². The molecular formula is C12H26N2. The van der Waals surface area contributed by atoms with E-state index in [2.05, 4.69) is 39.9 Å². The third-order valence-electron chi connectivity index (χ3n) is 2.98. The van der Waals surface area contributed by atoms with Crippen LogP contribution in [0.15, 0.2) is 0 Å². The molecular weight excluding hydrogens is 172 g/mol. The zero-order valence-corrected chi connectivity index (χ0v) is 10.4. The molecule has 0 bridgehead atoms. The van der Waals surface area contributed by atoms with Crippen molar-refractivity contribution >= 4 is 0 Å². The maximum atomic E-state index is 5.88. The predicted octanol–water partition coefficient (Wildman–Crippen LogP) is 2.28. The molecule has 0 aromatic rings. The van der Waals surface area contributed by atoms with Crippen LogP contribution in [0.3, 0.4) is 0 Å². The minimum atomic E-state index is 0.265. The molecule has 3 N–H and O–H groups in total. The molecule has 1 atom stereocenters. The van der Waals surface area contributed by atoms with Crippen LogP contribution in [0, 0.1) is 5.92 Å². The molecule has 84 valence electrons. The lowest BCUT2D eigenvalue weighted by Crippen LogP contribution is -2.58. The lowest BCUT2D eigenvalue weighted by molar-refractivity contribution is 0.120. The van der Waals surface area contributed by atoms with Crippen LogP contribution in [-0.2, 0) is 0 Å². The van der Waals surface area contributed by atoms with E-state index in [-0.39, 0.29) is 11.1 Å². The average Bonchev–Trinajstić information content (AvgIpc) is 1.74. The van der Waals surface area contributed by atoms with Gasteiger partial charge in [-0.3, -0.25) is 0 Å². The Hall–Kier alpha value is -0.0800. The van der Waals surface area contributed by atoms with Crippen LogP contribution in [0.2, 0.25) is 0 Å². The summed E-state index contributed by atoms with van der Waals surface area (Å²) in [6, 6.07) is 0.338. The van der Waals surface area contributed by atoms with Gasteiger partial charge in [0, 0.05) is 17.1 Å². The molecule has 0 aromatic heterocycles. The molecule has 1 fully saturated rings. The topological polar surface area (TPSA) is 38.0 Å². The fourth-order valence-electron chi connectivity index (χ4n) is 3.23. The summed E-state index contributed by atoms with van der Waals surface area (Å²) in [4.78, 5) is 0. The van der Waals surface area contributed by atoms with E-state index < -0.39 is 0 Å². The molecule has 0 spiro atoms. The number of piperidine rings is 1. The van der Waals surface area contributed by atoms with Crippen molar-refractivity contribution < 1.29 is 0 Å². The fourth-order valence-corrected chi connectivity index (χ4v) is 3.23. The van der Waals surface area contributed by atoms with Crippen molar-refractivity contribution in [3.8, 4) is 0 Å². The molecule has 1 heterocycles. The van der Waals surface area contributed by atoms with Gasteiger partial charge < -0.3 is 11.1 Å². The first kappa shape index (κ1) is 12.0. The molecule has 1 aliphatic rings. The molecule has 2 nitrogen and oxygen atoms in total. The first-order valence-electron chi connectivity index (χ1n) is 5.75. The molecule has 1 aliphatic heterocycles. The van der Waals surface area contributed by atoms with Gasteiger partial charge in [0.25, 0.3) is 0 Å². The molecule has 0 saturated carbocycles. The van der Waals surface area contributed by atoms with Crippen LogP contribution < -0.4 is 11.1 Å². The van der Waals surface area contributed by atoms with Crippen molar-refractivity contribution in [3.05, 3.63) is 0 Å². The van der Waals surface area contributed by atoms with Crippen molar-refractivity contribution in [3.63, 3.8) is 0 Å². The zero-order valence-electron chi connectivity index (χ0n) is 10.4. The first-order valence-corrected chi connectivity index (χ1v) is 5.75. The van der Waals surface area contributed by atoms with Crippen LogP contribution in [-0.4, -0.2) is 17.1 Å². The van der Waals surface area contributed by atoms with Gasteiger partial charge in [0.15, 0.2) is 0 Å². The summed E-state index contributed by atoms with van der Waals surface area (Å²) in [5.41, 5.74) is 6.41. The normalized spacial score (nSPS) is 28.7. The van der Waals surface area contributed by atoms with Crippen molar-refractivity contribution in [2.45, 2.75) is 71.0 Å². The Morgan fingerprint density at radius 1 is 1.21 bits per heavy atom. The highest BCUT2D eigenvalue weighted by atomic mass is 15.0. The largest absolute Gasteiger partial charge is 0.328 e. The standard InChI is InChI=1S/C12H26N2/c1-9(13)6-10-7-11(2,3)14-12(4,5)8-10/h9-10,14H,6-8,13H2,1-5H3. The highest BCUT2D eigenvalue weighted by Crippen LogP contribution is 2.34. The van der Waals surface area contributed by atoms with Gasteiger partial charge in [0.2, 0.25) is 0 Å². The summed E-state index contributed by atoms with van der Waals surface area (Å²) in [5, 5.41) is 3.69. The Morgan fingerprint density at radius 2 is 1.64 bits per heavy atom. The van der Waals surface area contributed by atoms with Gasteiger partial charge in [-0.2, -0.15) is 0 Å². The second-order valence-corrected chi connectivity index (χ2v) is 6.38. The smallest absolute Gasteiger partial charge is 0.0132 e. The van der Waals surface area contributed by atoms with Gasteiger partial charge in [-0.25, -0.2) is 0 Å². The second kappa shape index (κ2) is 3.82. The van der Waals surface area contributed by atoms with Gasteiger partial charge >= 0.3 is 0 Å².